The molecule has 0 bridgehead atoms. The minimum Gasteiger partial charge on any atom is -0.244 e. The average Bonchev–Trinajstić information content (AvgIpc) is 2.12. The zero-order valence-corrected chi connectivity index (χ0v) is 2.95. The molecule has 0 N–H and O–H groups in total. The van der Waals surface area contributed by atoms with Gasteiger partial charge in [0.05, 0.1) is 0 Å². The molecule has 0 unspecified atom stereocenters. The van der Waals surface area contributed by atoms with Crippen LogP contribution < -0.4 is 0 Å². The van der Waals surface area contributed by atoms with Crippen LogP contribution in [0.15, 0.2) is 0 Å². The predicted octanol–water partition coefficient (Wildman–Crippen LogP) is 1.53. The van der Waals surface area contributed by atoms with Crippen LogP contribution in [0.1, 0.15) is 12.8 Å². The molecule has 1 heteroatoms. The first-order valence-electron chi connectivity index (χ1n) is 1.87. The number of hydrogen-bond donors (Lipinski definition) is 0. The fourth-order valence-electron chi connectivity index (χ4n) is 0.222. The molecule has 0 aromatic carbocycles. The Kier molecular flexibility index (Phi) is 0.601. The smallest absolute Gasteiger partial charge is 0.134 e. The molecule has 0 spiro atoms. The lowest BCUT2D eigenvalue weighted by Crippen LogP contribution is -1.59. The van der Waals surface area contributed by atoms with Crippen LogP contribution in [-0.4, -0.2) is 0 Å². The third-order valence-corrected chi connectivity index (χ3v) is 0.800. The van der Waals surface area contributed by atoms with Crippen LogP contribution in [0.25, 0.3) is 0 Å². The first kappa shape index (κ1) is 3.13. The summed E-state index contributed by atoms with van der Waals surface area (Å²) in [5, 5.41) is 0. The van der Waals surface area contributed by atoms with E-state index in [2.05, 4.69) is 0 Å². The highest BCUT2D eigenvalue weighted by Gasteiger charge is 2.20. The third kappa shape index (κ3) is 0.602. The maximum Gasteiger partial charge on any atom is 0.134 e. The SMILES string of the molecule is F[CH]C1CC1. The van der Waals surface area contributed by atoms with Gasteiger partial charge in [0.1, 0.15) is 6.67 Å². The van der Waals surface area contributed by atoms with E-state index in [9.17, 15) is 4.39 Å². The van der Waals surface area contributed by atoms with Crippen molar-refractivity contribution in [2.24, 2.45) is 5.92 Å². The monoisotopic (exact) mass is 73.0 g/mol. The lowest BCUT2D eigenvalue weighted by atomic mass is 10.5. The summed E-state index contributed by atoms with van der Waals surface area (Å²) >= 11 is 0. The Labute approximate surface area is 31.0 Å². The van der Waals surface area contributed by atoms with E-state index in [-0.39, 0.29) is 0 Å². The first-order valence-corrected chi connectivity index (χ1v) is 1.87. The normalized spacial score (nSPS) is 23.4. The molecule has 0 aromatic rings. The molecule has 1 aliphatic rings. The zero-order chi connectivity index (χ0) is 3.70. The van der Waals surface area contributed by atoms with Crippen molar-refractivity contribution in [3.8, 4) is 0 Å². The first-order chi connectivity index (χ1) is 2.43. The van der Waals surface area contributed by atoms with Gasteiger partial charge in [-0.05, 0) is 18.8 Å². The summed E-state index contributed by atoms with van der Waals surface area (Å²) in [4.78, 5) is 0. The maximum atomic E-state index is 11.1. The average molecular weight is 73.1 g/mol. The van der Waals surface area contributed by atoms with E-state index < -0.39 is 0 Å². The Balaban J connectivity index is 2.00. The van der Waals surface area contributed by atoms with E-state index in [1.807, 2.05) is 0 Å². The van der Waals surface area contributed by atoms with Crippen molar-refractivity contribution in [2.75, 3.05) is 0 Å². The maximum absolute atomic E-state index is 11.1. The third-order valence-electron chi connectivity index (χ3n) is 0.800. The van der Waals surface area contributed by atoms with Gasteiger partial charge in [-0.25, -0.2) is 4.39 Å². The molecule has 0 aliphatic heterocycles. The highest BCUT2D eigenvalue weighted by atomic mass is 19.1. The van der Waals surface area contributed by atoms with Crippen LogP contribution in [0.5, 0.6) is 0 Å². The molecule has 0 aromatic heterocycles. The molecule has 0 saturated heterocycles. The van der Waals surface area contributed by atoms with Crippen LogP contribution in [0, 0.1) is 12.6 Å². The minimum absolute atomic E-state index is 0.343. The fraction of sp³-hybridized carbons (Fsp3) is 0.750. The van der Waals surface area contributed by atoms with E-state index in [1.165, 1.54) is 0 Å². The second-order valence-electron chi connectivity index (χ2n) is 1.46. The molecule has 1 aliphatic carbocycles. The summed E-state index contributed by atoms with van der Waals surface area (Å²) in [5.74, 6) is 0.343. The summed E-state index contributed by atoms with van der Waals surface area (Å²) < 4.78 is 11.1. The molecule has 5 heavy (non-hydrogen) atoms. The Morgan fingerprint density at radius 3 is 2.20 bits per heavy atom. The number of hydrogen-bond acceptors (Lipinski definition) is 0. The van der Waals surface area contributed by atoms with Crippen LogP contribution in [0.4, 0.5) is 4.39 Å². The molecule has 1 rings (SSSR count). The highest BCUT2D eigenvalue weighted by Crippen LogP contribution is 2.31. The van der Waals surface area contributed by atoms with E-state index in [0.29, 0.717) is 5.92 Å². The molecular weight excluding hydrogens is 67.0 g/mol. The van der Waals surface area contributed by atoms with Crippen LogP contribution in [-0.2, 0) is 0 Å². The van der Waals surface area contributed by atoms with Gasteiger partial charge in [-0.15, -0.1) is 0 Å². The lowest BCUT2D eigenvalue weighted by Gasteiger charge is -1.67. The highest BCUT2D eigenvalue weighted by molar-refractivity contribution is 4.78. The molecule has 1 fully saturated rings. The fourth-order valence-corrected chi connectivity index (χ4v) is 0.222. The Morgan fingerprint density at radius 1 is 1.60 bits per heavy atom. The zero-order valence-electron chi connectivity index (χ0n) is 2.95. The van der Waals surface area contributed by atoms with Gasteiger partial charge >= 0.3 is 0 Å². The largest absolute Gasteiger partial charge is 0.244 e. The van der Waals surface area contributed by atoms with Crippen molar-refractivity contribution < 1.29 is 4.39 Å². The summed E-state index contributed by atoms with van der Waals surface area (Å²) in [7, 11) is 0. The van der Waals surface area contributed by atoms with Gasteiger partial charge in [-0.3, -0.25) is 0 Å². The molecule has 29 valence electrons. The molecule has 1 radical (unpaired) electrons. The quantitative estimate of drug-likeness (QED) is 0.441. The van der Waals surface area contributed by atoms with E-state index >= 15 is 0 Å². The molecule has 0 amide bonds. The number of rotatable bonds is 1. The van der Waals surface area contributed by atoms with Crippen LogP contribution >= 0.6 is 0 Å². The summed E-state index contributed by atoms with van der Waals surface area (Å²) in [6.45, 7) is 0.778. The van der Waals surface area contributed by atoms with E-state index in [4.69, 9.17) is 0 Å². The standard InChI is InChI=1S/C4H6F/c5-3-4-1-2-4/h3-4H,1-2H2. The molecular formula is C4H6F. The molecule has 1 saturated carbocycles. The van der Waals surface area contributed by atoms with Gasteiger partial charge in [0.25, 0.3) is 0 Å². The second-order valence-corrected chi connectivity index (χ2v) is 1.46. The van der Waals surface area contributed by atoms with Gasteiger partial charge in [0.2, 0.25) is 0 Å². The molecule has 0 nitrogen and oxygen atoms in total. The van der Waals surface area contributed by atoms with Gasteiger partial charge in [-0.1, -0.05) is 0 Å². The van der Waals surface area contributed by atoms with Crippen molar-refractivity contribution in [3.05, 3.63) is 6.67 Å². The summed E-state index contributed by atoms with van der Waals surface area (Å²) in [5.41, 5.74) is 0. The topological polar surface area (TPSA) is 0 Å². The molecule has 0 heterocycles. The van der Waals surface area contributed by atoms with Gasteiger partial charge in [0, 0.05) is 0 Å². The van der Waals surface area contributed by atoms with Gasteiger partial charge in [0.15, 0.2) is 0 Å². The van der Waals surface area contributed by atoms with Crippen molar-refractivity contribution in [1.29, 1.82) is 0 Å². The van der Waals surface area contributed by atoms with E-state index in [0.717, 1.165) is 19.5 Å². The minimum atomic E-state index is 0.343. The summed E-state index contributed by atoms with van der Waals surface area (Å²) in [6.07, 6.45) is 2.16. The Hall–Kier alpha value is -0.0700. The Bertz CT molecular complexity index is 30.6. The van der Waals surface area contributed by atoms with Crippen molar-refractivity contribution >= 4 is 0 Å². The van der Waals surface area contributed by atoms with Crippen molar-refractivity contribution in [2.45, 2.75) is 12.8 Å². The summed E-state index contributed by atoms with van der Waals surface area (Å²) in [6, 6.07) is 0. The molecule has 0 atom stereocenters. The van der Waals surface area contributed by atoms with Crippen molar-refractivity contribution in [3.63, 3.8) is 0 Å². The van der Waals surface area contributed by atoms with Gasteiger partial charge < -0.3 is 0 Å². The van der Waals surface area contributed by atoms with E-state index in [1.54, 1.807) is 0 Å². The predicted molar refractivity (Wildman–Crippen MR) is 18.1 cm³/mol. The Morgan fingerprint density at radius 2 is 2.20 bits per heavy atom. The van der Waals surface area contributed by atoms with Crippen LogP contribution in [0.3, 0.4) is 0 Å². The second kappa shape index (κ2) is 0.959. The van der Waals surface area contributed by atoms with Crippen LogP contribution in [0.2, 0.25) is 0 Å². The van der Waals surface area contributed by atoms with Gasteiger partial charge in [-0.2, -0.15) is 0 Å². The number of halogens is 1. The van der Waals surface area contributed by atoms with Crippen molar-refractivity contribution in [1.82, 2.24) is 0 Å². The lowest BCUT2D eigenvalue weighted by molar-refractivity contribution is 0.564.